The molecule has 148 valence electrons. The lowest BCUT2D eigenvalue weighted by molar-refractivity contribution is 0.457. The van der Waals surface area contributed by atoms with Crippen LogP contribution in [-0.2, 0) is 0 Å². The molecule has 1 aromatic heterocycles. The minimum absolute atomic E-state index is 0.182. The molecule has 1 aliphatic rings. The van der Waals surface area contributed by atoms with Gasteiger partial charge in [-0.15, -0.1) is 0 Å². The van der Waals surface area contributed by atoms with Crippen molar-refractivity contribution in [1.82, 2.24) is 19.8 Å². The first-order valence-corrected chi connectivity index (χ1v) is 9.78. The molecule has 4 rings (SSSR count). The highest BCUT2D eigenvalue weighted by Gasteiger charge is 2.20. The van der Waals surface area contributed by atoms with Gasteiger partial charge < -0.3 is 10.2 Å². The predicted molar refractivity (Wildman–Crippen MR) is 118 cm³/mol. The zero-order valence-corrected chi connectivity index (χ0v) is 17.3. The number of aromatic nitrogens is 2. The van der Waals surface area contributed by atoms with Crippen molar-refractivity contribution in [3.63, 3.8) is 0 Å². The van der Waals surface area contributed by atoms with Crippen LogP contribution in [0.4, 0.5) is 0 Å². The number of aliphatic imine (C=N–C) groups is 1. The van der Waals surface area contributed by atoms with Crippen LogP contribution in [0.2, 0.25) is 5.02 Å². The molecule has 0 aliphatic carbocycles. The molecular weight excluding hydrogens is 386 g/mol. The Balaban J connectivity index is 1.91. The molecule has 1 atom stereocenters. The number of benzene rings is 2. The monoisotopic (exact) mass is 407 g/mol. The lowest BCUT2D eigenvalue weighted by atomic mass is 10.1. The second-order valence-electron chi connectivity index (χ2n) is 7.24. The topological polar surface area (TPSA) is 62.5 Å². The summed E-state index contributed by atoms with van der Waals surface area (Å²) in [6.07, 6.45) is 3.78. The number of aryl methyl sites for hydroxylation is 1. The highest BCUT2D eigenvalue weighted by Crippen LogP contribution is 2.23. The standard InChI is InChI=1S/C22H22ClN5O/c1-14-6-4-7-17(10-14)28-21(15(2)25-16-11-24-13-27(3)12-16)26-19-9-5-8-18(23)20(19)22(28)29/h4-12,15,25H,13H2,1-3H3/t15-/m0/s1. The van der Waals surface area contributed by atoms with Gasteiger partial charge in [-0.1, -0.05) is 29.8 Å². The van der Waals surface area contributed by atoms with Crippen LogP contribution in [0.25, 0.3) is 16.6 Å². The van der Waals surface area contributed by atoms with Crippen molar-refractivity contribution in [2.45, 2.75) is 19.9 Å². The van der Waals surface area contributed by atoms with E-state index in [1.165, 1.54) is 0 Å². The Morgan fingerprint density at radius 1 is 1.21 bits per heavy atom. The summed E-state index contributed by atoms with van der Waals surface area (Å²) in [5.41, 5.74) is 3.08. The summed E-state index contributed by atoms with van der Waals surface area (Å²) in [5, 5.41) is 4.23. The second kappa shape index (κ2) is 7.72. The van der Waals surface area contributed by atoms with E-state index in [-0.39, 0.29) is 11.6 Å². The molecule has 6 nitrogen and oxygen atoms in total. The van der Waals surface area contributed by atoms with Crippen molar-refractivity contribution in [2.75, 3.05) is 13.7 Å². The predicted octanol–water partition coefficient (Wildman–Crippen LogP) is 3.81. The number of hydrogen-bond donors (Lipinski definition) is 1. The third-order valence-electron chi connectivity index (χ3n) is 4.80. The van der Waals surface area contributed by atoms with Gasteiger partial charge in [-0.05, 0) is 43.7 Å². The first-order chi connectivity index (χ1) is 13.9. The van der Waals surface area contributed by atoms with Crippen LogP contribution in [0.3, 0.4) is 0 Å². The molecule has 0 bridgehead atoms. The van der Waals surface area contributed by atoms with Crippen LogP contribution in [-0.4, -0.2) is 34.4 Å². The van der Waals surface area contributed by atoms with E-state index < -0.39 is 0 Å². The number of hydrogen-bond acceptors (Lipinski definition) is 5. The van der Waals surface area contributed by atoms with Gasteiger partial charge in [0.25, 0.3) is 5.56 Å². The molecule has 0 saturated carbocycles. The first kappa shape index (κ1) is 19.2. The van der Waals surface area contributed by atoms with Crippen LogP contribution in [0.15, 0.2) is 64.1 Å². The summed E-state index contributed by atoms with van der Waals surface area (Å²) in [6, 6.07) is 12.9. The number of halogens is 1. The first-order valence-electron chi connectivity index (χ1n) is 9.40. The highest BCUT2D eigenvalue weighted by molar-refractivity contribution is 6.35. The Kier molecular flexibility index (Phi) is 5.11. The maximum atomic E-state index is 13.5. The van der Waals surface area contributed by atoms with Gasteiger partial charge >= 0.3 is 0 Å². The maximum absolute atomic E-state index is 13.5. The van der Waals surface area contributed by atoms with Crippen molar-refractivity contribution in [3.05, 3.63) is 81.1 Å². The fourth-order valence-electron chi connectivity index (χ4n) is 3.48. The van der Waals surface area contributed by atoms with Crippen molar-refractivity contribution in [2.24, 2.45) is 4.99 Å². The summed E-state index contributed by atoms with van der Waals surface area (Å²) in [5.74, 6) is 0.609. The van der Waals surface area contributed by atoms with Gasteiger partial charge in [-0.25, -0.2) is 4.98 Å². The van der Waals surface area contributed by atoms with E-state index in [9.17, 15) is 4.79 Å². The van der Waals surface area contributed by atoms with Crippen molar-refractivity contribution >= 4 is 28.7 Å². The molecule has 1 aliphatic heterocycles. The van der Waals surface area contributed by atoms with Crippen LogP contribution in [0.5, 0.6) is 0 Å². The molecule has 0 amide bonds. The van der Waals surface area contributed by atoms with Gasteiger partial charge in [0.15, 0.2) is 0 Å². The molecule has 0 radical (unpaired) electrons. The van der Waals surface area contributed by atoms with Crippen molar-refractivity contribution in [3.8, 4) is 5.69 Å². The van der Waals surface area contributed by atoms with Crippen molar-refractivity contribution in [1.29, 1.82) is 0 Å². The van der Waals surface area contributed by atoms with Gasteiger partial charge in [0.2, 0.25) is 0 Å². The number of rotatable bonds is 4. The van der Waals surface area contributed by atoms with Crippen LogP contribution in [0.1, 0.15) is 24.4 Å². The summed E-state index contributed by atoms with van der Waals surface area (Å²) < 4.78 is 1.64. The van der Waals surface area contributed by atoms with E-state index in [2.05, 4.69) is 10.3 Å². The minimum Gasteiger partial charge on any atom is -0.373 e. The van der Waals surface area contributed by atoms with Crippen LogP contribution >= 0.6 is 11.6 Å². The highest BCUT2D eigenvalue weighted by atomic mass is 35.5. The molecule has 0 unspecified atom stereocenters. The fourth-order valence-corrected chi connectivity index (χ4v) is 3.73. The molecule has 0 fully saturated rings. The molecule has 7 heteroatoms. The summed E-state index contributed by atoms with van der Waals surface area (Å²) in [4.78, 5) is 24.6. The maximum Gasteiger partial charge on any atom is 0.267 e. The fraction of sp³-hybridized carbons (Fsp3) is 0.227. The second-order valence-corrected chi connectivity index (χ2v) is 7.65. The molecular formula is C22H22ClN5O. The van der Waals surface area contributed by atoms with Gasteiger partial charge in [-0.3, -0.25) is 14.4 Å². The average Bonchev–Trinajstić information content (AvgIpc) is 2.67. The number of nitrogens with one attached hydrogen (secondary N) is 1. The Morgan fingerprint density at radius 2 is 2.00 bits per heavy atom. The SMILES string of the molecule is Cc1cccc(-n2c([C@H](C)NC3=CN(C)CN=C3)nc3cccc(Cl)c3c2=O)c1. The summed E-state index contributed by atoms with van der Waals surface area (Å²) >= 11 is 6.36. The van der Waals surface area contributed by atoms with E-state index in [4.69, 9.17) is 16.6 Å². The third-order valence-corrected chi connectivity index (χ3v) is 5.11. The van der Waals surface area contributed by atoms with Gasteiger partial charge in [0.1, 0.15) is 12.5 Å². The van der Waals surface area contributed by atoms with Crippen LogP contribution in [0, 0.1) is 6.92 Å². The molecule has 1 N–H and O–H groups in total. The minimum atomic E-state index is -0.240. The lowest BCUT2D eigenvalue weighted by Crippen LogP contribution is -2.31. The van der Waals surface area contributed by atoms with Gasteiger partial charge in [0, 0.05) is 19.5 Å². The normalized spacial score (nSPS) is 14.8. The quantitative estimate of drug-likeness (QED) is 0.714. The molecule has 0 spiro atoms. The Bertz CT molecular complexity index is 1200. The zero-order valence-electron chi connectivity index (χ0n) is 16.6. The Morgan fingerprint density at radius 3 is 2.76 bits per heavy atom. The van der Waals surface area contributed by atoms with E-state index in [1.54, 1.807) is 22.9 Å². The average molecular weight is 408 g/mol. The number of fused-ring (bicyclic) bond motifs is 1. The van der Waals surface area contributed by atoms with Crippen LogP contribution < -0.4 is 10.9 Å². The largest absolute Gasteiger partial charge is 0.373 e. The third kappa shape index (κ3) is 3.76. The van der Waals surface area contributed by atoms with E-state index in [0.717, 1.165) is 16.9 Å². The van der Waals surface area contributed by atoms with E-state index >= 15 is 0 Å². The zero-order chi connectivity index (χ0) is 20.5. The molecule has 2 aromatic carbocycles. The lowest BCUT2D eigenvalue weighted by Gasteiger charge is -2.23. The van der Waals surface area contributed by atoms with E-state index in [0.29, 0.717) is 28.4 Å². The summed E-state index contributed by atoms with van der Waals surface area (Å²) in [6.45, 7) is 4.60. The Hall–Kier alpha value is -3.12. The Labute approximate surface area is 174 Å². The molecule has 0 saturated heterocycles. The molecule has 3 aromatic rings. The number of allylic oxidation sites excluding steroid dienone is 1. The molecule has 2 heterocycles. The van der Waals surface area contributed by atoms with Crippen molar-refractivity contribution < 1.29 is 0 Å². The smallest absolute Gasteiger partial charge is 0.267 e. The summed E-state index contributed by atoms with van der Waals surface area (Å²) in [7, 11) is 1.96. The number of nitrogens with zero attached hydrogens (tertiary/aromatic N) is 4. The van der Waals surface area contributed by atoms with Gasteiger partial charge in [0.05, 0.1) is 33.4 Å². The molecule has 29 heavy (non-hydrogen) atoms. The van der Waals surface area contributed by atoms with Gasteiger partial charge in [-0.2, -0.15) is 0 Å². The van der Waals surface area contributed by atoms with E-state index in [1.807, 2.05) is 62.3 Å².